The number of hydrogen-bond acceptors (Lipinski definition) is 2. The Hall–Kier alpha value is 0.140. The molecule has 6 heteroatoms. The van der Waals surface area contributed by atoms with Gasteiger partial charge in [-0.1, -0.05) is 48.7 Å². The number of alkyl carbamates (subject to hydrolysis) is 1. The second-order valence-electron chi connectivity index (χ2n) is 1.72. The van der Waals surface area contributed by atoms with E-state index in [0.29, 0.717) is 6.54 Å². The highest BCUT2D eigenvalue weighted by atomic mass is 35.6. The van der Waals surface area contributed by atoms with Crippen LogP contribution in [0.1, 0.15) is 20.8 Å². The number of ether oxygens (including phenoxy) is 1. The third kappa shape index (κ3) is 14.9. The Morgan fingerprint density at radius 2 is 1.85 bits per heavy atom. The highest BCUT2D eigenvalue weighted by Gasteiger charge is 2.21. The van der Waals surface area contributed by atoms with Gasteiger partial charge >= 0.3 is 6.09 Å². The number of carbonyl (C=O) groups excluding carboxylic acids is 1. The van der Waals surface area contributed by atoms with Gasteiger partial charge in [0.2, 0.25) is 3.79 Å². The van der Waals surface area contributed by atoms with Gasteiger partial charge in [0.15, 0.2) is 0 Å². The maximum atomic E-state index is 10.6. The summed E-state index contributed by atoms with van der Waals surface area (Å²) in [6, 6.07) is 0. The van der Waals surface area contributed by atoms with Crippen LogP contribution in [0.3, 0.4) is 0 Å². The van der Waals surface area contributed by atoms with Gasteiger partial charge in [-0.2, -0.15) is 0 Å². The van der Waals surface area contributed by atoms with Gasteiger partial charge in [-0.05, 0) is 6.92 Å². The van der Waals surface area contributed by atoms with Crippen molar-refractivity contribution in [1.29, 1.82) is 0 Å². The number of rotatable bonds is 2. The van der Waals surface area contributed by atoms with Gasteiger partial charge in [0.1, 0.15) is 6.61 Å². The van der Waals surface area contributed by atoms with Gasteiger partial charge in [0.25, 0.3) is 0 Å². The Kier molecular flexibility index (Phi) is 10.5. The molecule has 80 valence electrons. The van der Waals surface area contributed by atoms with Crippen LogP contribution >= 0.6 is 34.8 Å². The van der Waals surface area contributed by atoms with Crippen LogP contribution in [-0.2, 0) is 4.74 Å². The zero-order chi connectivity index (χ0) is 10.9. The molecule has 0 unspecified atom stereocenters. The highest BCUT2D eigenvalue weighted by molar-refractivity contribution is 6.67. The average molecular weight is 251 g/mol. The monoisotopic (exact) mass is 249 g/mol. The summed E-state index contributed by atoms with van der Waals surface area (Å²) in [4.78, 5) is 10.6. The first-order chi connectivity index (χ1) is 5.95. The normalized spacial score (nSPS) is 9.69. The molecule has 0 bridgehead atoms. The fourth-order valence-electron chi connectivity index (χ4n) is 0.343. The second kappa shape index (κ2) is 8.73. The molecule has 1 amide bonds. The minimum absolute atomic E-state index is 0.247. The lowest BCUT2D eigenvalue weighted by Gasteiger charge is -2.10. The molecular formula is C7H14Cl3NO2. The van der Waals surface area contributed by atoms with E-state index in [1.54, 1.807) is 6.92 Å². The molecule has 0 aromatic carbocycles. The third-order valence-corrected chi connectivity index (χ3v) is 1.02. The highest BCUT2D eigenvalue weighted by Crippen LogP contribution is 2.25. The summed E-state index contributed by atoms with van der Waals surface area (Å²) < 4.78 is 2.96. The van der Waals surface area contributed by atoms with E-state index >= 15 is 0 Å². The molecule has 0 aliphatic heterocycles. The zero-order valence-corrected chi connectivity index (χ0v) is 10.1. The predicted molar refractivity (Wildman–Crippen MR) is 56.7 cm³/mol. The topological polar surface area (TPSA) is 38.3 Å². The SMILES string of the molecule is CC.CCNC(=O)OCC(Cl)(Cl)Cl. The minimum atomic E-state index is -1.54. The molecular weight excluding hydrogens is 236 g/mol. The van der Waals surface area contributed by atoms with Gasteiger partial charge in [-0.25, -0.2) is 4.79 Å². The Morgan fingerprint density at radius 1 is 1.38 bits per heavy atom. The van der Waals surface area contributed by atoms with Crippen molar-refractivity contribution in [1.82, 2.24) is 5.32 Å². The molecule has 3 nitrogen and oxygen atoms in total. The third-order valence-electron chi connectivity index (χ3n) is 0.688. The Bertz CT molecular complexity index is 136. The molecule has 0 saturated heterocycles. The largest absolute Gasteiger partial charge is 0.445 e. The summed E-state index contributed by atoms with van der Waals surface area (Å²) >= 11 is 15.9. The molecule has 0 heterocycles. The van der Waals surface area contributed by atoms with Gasteiger partial charge in [0, 0.05) is 6.54 Å². The van der Waals surface area contributed by atoms with E-state index in [-0.39, 0.29) is 6.61 Å². The predicted octanol–water partition coefficient (Wildman–Crippen LogP) is 3.13. The fraction of sp³-hybridized carbons (Fsp3) is 0.857. The van der Waals surface area contributed by atoms with Crippen molar-refractivity contribution < 1.29 is 9.53 Å². The lowest BCUT2D eigenvalue weighted by Crippen LogP contribution is -2.27. The molecule has 0 rings (SSSR count). The van der Waals surface area contributed by atoms with Crippen LogP contribution in [0.25, 0.3) is 0 Å². The van der Waals surface area contributed by atoms with Crippen molar-refractivity contribution in [3.8, 4) is 0 Å². The number of carbonyl (C=O) groups is 1. The van der Waals surface area contributed by atoms with Gasteiger partial charge in [-0.3, -0.25) is 0 Å². The van der Waals surface area contributed by atoms with Crippen molar-refractivity contribution in [2.75, 3.05) is 13.2 Å². The standard InChI is InChI=1S/C5H8Cl3NO2.C2H6/c1-2-9-4(10)11-3-5(6,7)8;1-2/h2-3H2,1H3,(H,9,10);1-2H3. The Balaban J connectivity index is 0. The van der Waals surface area contributed by atoms with Crippen LogP contribution < -0.4 is 5.32 Å². The van der Waals surface area contributed by atoms with Crippen molar-refractivity contribution in [2.24, 2.45) is 0 Å². The summed E-state index contributed by atoms with van der Waals surface area (Å²) in [6.45, 7) is 6.00. The first kappa shape index (κ1) is 15.6. The van der Waals surface area contributed by atoms with E-state index in [0.717, 1.165) is 0 Å². The first-order valence-electron chi connectivity index (χ1n) is 3.93. The molecule has 0 fully saturated rings. The van der Waals surface area contributed by atoms with Gasteiger partial charge in [-0.15, -0.1) is 0 Å². The molecule has 1 N–H and O–H groups in total. The van der Waals surface area contributed by atoms with Crippen molar-refractivity contribution in [2.45, 2.75) is 24.6 Å². The molecule has 0 aliphatic carbocycles. The smallest absolute Gasteiger partial charge is 0.407 e. The Labute approximate surface area is 93.7 Å². The molecule has 13 heavy (non-hydrogen) atoms. The van der Waals surface area contributed by atoms with Crippen LogP contribution in [0.15, 0.2) is 0 Å². The van der Waals surface area contributed by atoms with Crippen molar-refractivity contribution in [3.05, 3.63) is 0 Å². The van der Waals surface area contributed by atoms with Crippen molar-refractivity contribution >= 4 is 40.9 Å². The van der Waals surface area contributed by atoms with Crippen molar-refractivity contribution in [3.63, 3.8) is 0 Å². The molecule has 0 radical (unpaired) electrons. The fourth-order valence-corrected chi connectivity index (χ4v) is 0.506. The van der Waals surface area contributed by atoms with E-state index in [2.05, 4.69) is 10.1 Å². The number of halogens is 3. The molecule has 0 saturated carbocycles. The summed E-state index contributed by atoms with van der Waals surface area (Å²) in [5.41, 5.74) is 0. The van der Waals surface area contributed by atoms with E-state index in [9.17, 15) is 4.79 Å². The average Bonchev–Trinajstić information content (AvgIpc) is 2.04. The zero-order valence-electron chi connectivity index (χ0n) is 7.86. The van der Waals surface area contributed by atoms with Crippen LogP contribution in [-0.4, -0.2) is 23.0 Å². The van der Waals surface area contributed by atoms with E-state index in [4.69, 9.17) is 34.8 Å². The molecule has 0 spiro atoms. The van der Waals surface area contributed by atoms with Gasteiger partial charge < -0.3 is 10.1 Å². The molecule has 0 aromatic heterocycles. The number of alkyl halides is 3. The maximum absolute atomic E-state index is 10.6. The number of hydrogen-bond donors (Lipinski definition) is 1. The maximum Gasteiger partial charge on any atom is 0.407 e. The molecule has 0 aliphatic rings. The molecule has 0 aromatic rings. The van der Waals surface area contributed by atoms with Crippen LogP contribution in [0, 0.1) is 0 Å². The Morgan fingerprint density at radius 3 is 2.15 bits per heavy atom. The van der Waals surface area contributed by atoms with E-state index in [1.807, 2.05) is 13.8 Å². The summed E-state index contributed by atoms with van der Waals surface area (Å²) in [7, 11) is 0. The molecule has 0 atom stereocenters. The number of nitrogens with one attached hydrogen (secondary N) is 1. The summed E-state index contributed by atoms with van der Waals surface area (Å²) in [5.74, 6) is 0. The quantitative estimate of drug-likeness (QED) is 0.765. The summed E-state index contributed by atoms with van der Waals surface area (Å²) in [6.07, 6.45) is -0.584. The van der Waals surface area contributed by atoms with Crippen LogP contribution in [0.2, 0.25) is 0 Å². The van der Waals surface area contributed by atoms with Crippen LogP contribution in [0.5, 0.6) is 0 Å². The lowest BCUT2D eigenvalue weighted by atomic mass is 10.7. The van der Waals surface area contributed by atoms with E-state index in [1.165, 1.54) is 0 Å². The first-order valence-corrected chi connectivity index (χ1v) is 5.06. The number of amides is 1. The summed E-state index contributed by atoms with van der Waals surface area (Å²) in [5, 5.41) is 2.38. The minimum Gasteiger partial charge on any atom is -0.445 e. The van der Waals surface area contributed by atoms with Gasteiger partial charge in [0.05, 0.1) is 0 Å². The lowest BCUT2D eigenvalue weighted by molar-refractivity contribution is 0.149. The van der Waals surface area contributed by atoms with E-state index < -0.39 is 9.89 Å². The van der Waals surface area contributed by atoms with Crippen LogP contribution in [0.4, 0.5) is 4.79 Å². The second-order valence-corrected chi connectivity index (χ2v) is 4.24.